The molecule has 0 amide bonds. The van der Waals surface area contributed by atoms with E-state index in [0.29, 0.717) is 17.8 Å². The Morgan fingerprint density at radius 1 is 1.10 bits per heavy atom. The molecule has 0 aliphatic heterocycles. The molecule has 0 N–H and O–H groups in total. The van der Waals surface area contributed by atoms with Gasteiger partial charge in [0.2, 0.25) is 0 Å². The minimum atomic E-state index is -0.454. The lowest BCUT2D eigenvalue weighted by Gasteiger charge is -2.44. The molecule has 0 aromatic carbocycles. The second-order valence-corrected chi connectivity index (χ2v) is 8.09. The number of carbonyl (C=O) groups excluding carboxylic acids is 1. The van der Waals surface area contributed by atoms with Crippen LogP contribution in [-0.2, 0) is 9.53 Å². The first-order valence-electron chi connectivity index (χ1n) is 9.11. The minimum absolute atomic E-state index is 0.261. The Morgan fingerprint density at radius 3 is 2.33 bits per heavy atom. The molecule has 0 heterocycles. The van der Waals surface area contributed by atoms with Crippen molar-refractivity contribution in [1.82, 2.24) is 0 Å². The summed E-state index contributed by atoms with van der Waals surface area (Å²) in [4.78, 5) is 13.2. The third-order valence-corrected chi connectivity index (χ3v) is 6.01. The zero-order valence-electron chi connectivity index (χ0n) is 14.5. The van der Waals surface area contributed by atoms with Gasteiger partial charge in [-0.3, -0.25) is 4.79 Å². The fourth-order valence-electron chi connectivity index (χ4n) is 4.34. The molecule has 0 saturated heterocycles. The average Bonchev–Trinajstić information content (AvgIpc) is 2.49. The molecule has 122 valence electrons. The monoisotopic (exact) mass is 294 g/mol. The van der Waals surface area contributed by atoms with Gasteiger partial charge in [0.1, 0.15) is 5.60 Å². The van der Waals surface area contributed by atoms with Crippen LogP contribution in [0.1, 0.15) is 85.5 Å². The molecule has 2 atom stereocenters. The highest BCUT2D eigenvalue weighted by molar-refractivity contribution is 5.89. The summed E-state index contributed by atoms with van der Waals surface area (Å²) >= 11 is 0. The summed E-state index contributed by atoms with van der Waals surface area (Å²) in [7, 11) is 0. The highest BCUT2D eigenvalue weighted by Crippen LogP contribution is 2.45. The number of hydrogen-bond donors (Lipinski definition) is 0. The largest absolute Gasteiger partial charge is 0.367 e. The van der Waals surface area contributed by atoms with Gasteiger partial charge in [-0.05, 0) is 56.8 Å². The molecule has 2 unspecified atom stereocenters. The van der Waals surface area contributed by atoms with Gasteiger partial charge in [-0.15, -0.1) is 0 Å². The molecule has 0 radical (unpaired) electrons. The van der Waals surface area contributed by atoms with Crippen LogP contribution in [0.3, 0.4) is 0 Å². The van der Waals surface area contributed by atoms with E-state index in [9.17, 15) is 4.79 Å². The number of ether oxygens (including phenoxy) is 1. The van der Waals surface area contributed by atoms with Crippen LogP contribution < -0.4 is 0 Å². The first-order chi connectivity index (χ1) is 9.92. The Morgan fingerprint density at radius 2 is 1.76 bits per heavy atom. The Labute approximate surface area is 131 Å². The summed E-state index contributed by atoms with van der Waals surface area (Å²) in [5, 5.41) is 0. The topological polar surface area (TPSA) is 26.3 Å². The lowest BCUT2D eigenvalue weighted by molar-refractivity contribution is -0.158. The quantitative estimate of drug-likeness (QED) is 0.701. The maximum atomic E-state index is 13.2. The van der Waals surface area contributed by atoms with E-state index in [4.69, 9.17) is 4.74 Å². The van der Waals surface area contributed by atoms with Crippen LogP contribution in [0.25, 0.3) is 0 Å². The molecule has 0 aromatic rings. The molecular formula is C19H34O2. The SMILES string of the molecule is CCOC1(C(=O)C2CCCC(CC)C2)CCC(C)(C)CC1. The third-order valence-electron chi connectivity index (χ3n) is 6.01. The first-order valence-corrected chi connectivity index (χ1v) is 9.11. The van der Waals surface area contributed by atoms with E-state index in [2.05, 4.69) is 20.8 Å². The molecule has 2 aliphatic carbocycles. The molecule has 2 aliphatic rings. The fourth-order valence-corrected chi connectivity index (χ4v) is 4.34. The van der Waals surface area contributed by atoms with E-state index < -0.39 is 5.60 Å². The van der Waals surface area contributed by atoms with Gasteiger partial charge in [0.05, 0.1) is 0 Å². The van der Waals surface area contributed by atoms with Gasteiger partial charge in [-0.2, -0.15) is 0 Å². The maximum absolute atomic E-state index is 13.2. The van der Waals surface area contributed by atoms with Crippen molar-refractivity contribution in [1.29, 1.82) is 0 Å². The molecule has 0 spiro atoms. The summed E-state index contributed by atoms with van der Waals surface area (Å²) in [5.41, 5.74) is -0.0794. The standard InChI is InChI=1S/C19H34O2/c1-5-15-8-7-9-16(14-15)17(20)19(21-6-2)12-10-18(3,4)11-13-19/h15-16H,5-14H2,1-4H3. The van der Waals surface area contributed by atoms with Gasteiger partial charge in [0.25, 0.3) is 0 Å². The summed E-state index contributed by atoms with van der Waals surface area (Å²) < 4.78 is 6.10. The Bertz CT molecular complexity index is 349. The second-order valence-electron chi connectivity index (χ2n) is 8.09. The van der Waals surface area contributed by atoms with Gasteiger partial charge in [0.15, 0.2) is 5.78 Å². The van der Waals surface area contributed by atoms with E-state index >= 15 is 0 Å². The fraction of sp³-hybridized carbons (Fsp3) is 0.947. The molecule has 0 aromatic heterocycles. The van der Waals surface area contributed by atoms with Crippen molar-refractivity contribution in [3.8, 4) is 0 Å². The van der Waals surface area contributed by atoms with Crippen LogP contribution in [-0.4, -0.2) is 18.0 Å². The Balaban J connectivity index is 2.09. The van der Waals surface area contributed by atoms with Gasteiger partial charge in [-0.25, -0.2) is 0 Å². The molecule has 2 heteroatoms. The number of hydrogen-bond acceptors (Lipinski definition) is 2. The smallest absolute Gasteiger partial charge is 0.167 e. The van der Waals surface area contributed by atoms with E-state index in [0.717, 1.165) is 44.4 Å². The zero-order chi connectivity index (χ0) is 15.5. The summed E-state index contributed by atoms with van der Waals surface area (Å²) in [5.74, 6) is 1.46. The van der Waals surface area contributed by atoms with Gasteiger partial charge >= 0.3 is 0 Å². The van der Waals surface area contributed by atoms with Crippen molar-refractivity contribution < 1.29 is 9.53 Å². The predicted octanol–water partition coefficient (Wildman–Crippen LogP) is 5.15. The molecular weight excluding hydrogens is 260 g/mol. The van der Waals surface area contributed by atoms with E-state index in [1.807, 2.05) is 6.92 Å². The molecule has 2 fully saturated rings. The van der Waals surface area contributed by atoms with E-state index in [1.54, 1.807) is 0 Å². The molecule has 0 bridgehead atoms. The van der Waals surface area contributed by atoms with Crippen LogP contribution >= 0.6 is 0 Å². The van der Waals surface area contributed by atoms with Gasteiger partial charge in [-0.1, -0.05) is 40.0 Å². The maximum Gasteiger partial charge on any atom is 0.167 e. The zero-order valence-corrected chi connectivity index (χ0v) is 14.5. The number of rotatable bonds is 5. The predicted molar refractivity (Wildman–Crippen MR) is 87.4 cm³/mol. The first kappa shape index (κ1) is 17.0. The Hall–Kier alpha value is -0.370. The Kier molecular flexibility index (Phi) is 5.51. The minimum Gasteiger partial charge on any atom is -0.367 e. The van der Waals surface area contributed by atoms with Crippen LogP contribution in [0.5, 0.6) is 0 Å². The molecule has 2 saturated carbocycles. The summed E-state index contributed by atoms with van der Waals surface area (Å²) in [6.45, 7) is 9.60. The average molecular weight is 294 g/mol. The van der Waals surface area contributed by atoms with Crippen molar-refractivity contribution >= 4 is 5.78 Å². The van der Waals surface area contributed by atoms with Crippen molar-refractivity contribution in [2.45, 2.75) is 91.1 Å². The summed E-state index contributed by atoms with van der Waals surface area (Å²) in [6.07, 6.45) is 10.0. The van der Waals surface area contributed by atoms with Crippen LogP contribution in [0.15, 0.2) is 0 Å². The number of Topliss-reactive ketones (excluding diaryl/α,β-unsaturated/α-hetero) is 1. The highest BCUT2D eigenvalue weighted by atomic mass is 16.5. The lowest BCUT2D eigenvalue weighted by Crippen LogP contribution is -2.49. The van der Waals surface area contributed by atoms with Gasteiger partial charge < -0.3 is 4.74 Å². The van der Waals surface area contributed by atoms with Crippen molar-refractivity contribution in [2.24, 2.45) is 17.3 Å². The molecule has 2 rings (SSSR count). The van der Waals surface area contributed by atoms with Crippen molar-refractivity contribution in [2.75, 3.05) is 6.61 Å². The number of carbonyl (C=O) groups is 1. The number of ketones is 1. The van der Waals surface area contributed by atoms with E-state index in [1.165, 1.54) is 19.3 Å². The van der Waals surface area contributed by atoms with Crippen LogP contribution in [0.2, 0.25) is 0 Å². The van der Waals surface area contributed by atoms with Crippen LogP contribution in [0.4, 0.5) is 0 Å². The molecule has 2 nitrogen and oxygen atoms in total. The van der Waals surface area contributed by atoms with Gasteiger partial charge in [0, 0.05) is 12.5 Å². The highest BCUT2D eigenvalue weighted by Gasteiger charge is 2.47. The summed E-state index contributed by atoms with van der Waals surface area (Å²) in [6, 6.07) is 0. The van der Waals surface area contributed by atoms with Crippen molar-refractivity contribution in [3.05, 3.63) is 0 Å². The van der Waals surface area contributed by atoms with Crippen molar-refractivity contribution in [3.63, 3.8) is 0 Å². The third kappa shape index (κ3) is 3.88. The van der Waals surface area contributed by atoms with E-state index in [-0.39, 0.29) is 5.92 Å². The normalized spacial score (nSPS) is 31.8. The lowest BCUT2D eigenvalue weighted by atomic mass is 9.65. The second kappa shape index (κ2) is 6.81. The van der Waals surface area contributed by atoms with Crippen LogP contribution in [0, 0.1) is 17.3 Å². The molecule has 21 heavy (non-hydrogen) atoms.